The molecule has 1 fully saturated rings. The Kier molecular flexibility index (Phi) is 3.71. The van der Waals surface area contributed by atoms with E-state index in [1.54, 1.807) is 18.2 Å². The van der Waals surface area contributed by atoms with Crippen LogP contribution in [0.3, 0.4) is 0 Å². The predicted octanol–water partition coefficient (Wildman–Crippen LogP) is 2.31. The minimum Gasteiger partial charge on any atom is -0.398 e. The first kappa shape index (κ1) is 13.8. The van der Waals surface area contributed by atoms with Crippen LogP contribution in [0.15, 0.2) is 27.6 Å². The molecule has 1 aliphatic heterocycles. The summed E-state index contributed by atoms with van der Waals surface area (Å²) in [5.74, 6) is 0.765. The molecule has 2 atom stereocenters. The maximum atomic E-state index is 12.5. The smallest absolute Gasteiger partial charge is 0.245 e. The van der Waals surface area contributed by atoms with Gasteiger partial charge in [0.15, 0.2) is 0 Å². The van der Waals surface area contributed by atoms with E-state index in [0.29, 0.717) is 30.6 Å². The van der Waals surface area contributed by atoms with Gasteiger partial charge in [-0.1, -0.05) is 29.8 Å². The van der Waals surface area contributed by atoms with E-state index in [9.17, 15) is 8.42 Å². The van der Waals surface area contributed by atoms with E-state index in [0.717, 1.165) is 4.47 Å². The highest BCUT2D eigenvalue weighted by molar-refractivity contribution is 9.10. The van der Waals surface area contributed by atoms with E-state index in [1.165, 1.54) is 4.31 Å². The topological polar surface area (TPSA) is 63.4 Å². The van der Waals surface area contributed by atoms with Crippen LogP contribution in [0, 0.1) is 11.8 Å². The molecule has 0 bridgehead atoms. The maximum Gasteiger partial charge on any atom is 0.245 e. The molecule has 2 N–H and O–H groups in total. The molecule has 6 heteroatoms. The predicted molar refractivity (Wildman–Crippen MR) is 75.6 cm³/mol. The van der Waals surface area contributed by atoms with E-state index in [2.05, 4.69) is 29.8 Å². The zero-order valence-electron chi connectivity index (χ0n) is 10.4. The van der Waals surface area contributed by atoms with Gasteiger partial charge in [-0.3, -0.25) is 0 Å². The van der Waals surface area contributed by atoms with Crippen molar-refractivity contribution in [2.45, 2.75) is 18.7 Å². The number of anilines is 1. The lowest BCUT2D eigenvalue weighted by Gasteiger charge is -2.17. The first-order valence-corrected chi connectivity index (χ1v) is 8.11. The molecule has 0 amide bonds. The second-order valence-electron chi connectivity index (χ2n) is 4.96. The number of hydrogen-bond donors (Lipinski definition) is 1. The number of rotatable bonds is 2. The second-order valence-corrected chi connectivity index (χ2v) is 7.78. The Labute approximate surface area is 116 Å². The maximum absolute atomic E-state index is 12.5. The lowest BCUT2D eigenvalue weighted by atomic mass is 10.0. The van der Waals surface area contributed by atoms with Crippen molar-refractivity contribution < 1.29 is 8.42 Å². The molecule has 1 aromatic carbocycles. The van der Waals surface area contributed by atoms with Crippen LogP contribution in [0.2, 0.25) is 0 Å². The van der Waals surface area contributed by atoms with E-state index in [4.69, 9.17) is 5.73 Å². The minimum atomic E-state index is -3.48. The summed E-state index contributed by atoms with van der Waals surface area (Å²) in [5, 5.41) is 0. The Morgan fingerprint density at radius 2 is 1.83 bits per heavy atom. The number of halogens is 1. The van der Waals surface area contributed by atoms with Gasteiger partial charge in [-0.25, -0.2) is 8.42 Å². The first-order chi connectivity index (χ1) is 8.32. The number of benzene rings is 1. The van der Waals surface area contributed by atoms with Crippen molar-refractivity contribution in [1.29, 1.82) is 0 Å². The fraction of sp³-hybridized carbons (Fsp3) is 0.500. The quantitative estimate of drug-likeness (QED) is 0.845. The first-order valence-electron chi connectivity index (χ1n) is 5.87. The average Bonchev–Trinajstić information content (AvgIpc) is 2.63. The molecular formula is C12H17BrN2O2S. The van der Waals surface area contributed by atoms with E-state index in [1.807, 2.05) is 0 Å². The van der Waals surface area contributed by atoms with Crippen LogP contribution < -0.4 is 5.73 Å². The van der Waals surface area contributed by atoms with Crippen LogP contribution in [0.5, 0.6) is 0 Å². The SMILES string of the molecule is CC1CN(S(=O)(=O)c2cc(Br)ccc2N)CC1C. The third kappa shape index (κ3) is 2.41. The largest absolute Gasteiger partial charge is 0.398 e. The van der Waals surface area contributed by atoms with Crippen molar-refractivity contribution in [2.75, 3.05) is 18.8 Å². The van der Waals surface area contributed by atoms with Crippen LogP contribution in [-0.2, 0) is 10.0 Å². The Morgan fingerprint density at radius 3 is 2.39 bits per heavy atom. The molecule has 18 heavy (non-hydrogen) atoms. The van der Waals surface area contributed by atoms with E-state index in [-0.39, 0.29) is 4.90 Å². The van der Waals surface area contributed by atoms with E-state index >= 15 is 0 Å². The zero-order chi connectivity index (χ0) is 13.5. The van der Waals surface area contributed by atoms with Crippen molar-refractivity contribution in [3.63, 3.8) is 0 Å². The van der Waals surface area contributed by atoms with Crippen LogP contribution in [-0.4, -0.2) is 25.8 Å². The van der Waals surface area contributed by atoms with Gasteiger partial charge in [0, 0.05) is 17.6 Å². The molecule has 0 saturated carbocycles. The molecule has 0 radical (unpaired) electrons. The molecule has 4 nitrogen and oxygen atoms in total. The molecule has 1 heterocycles. The number of nitrogen functional groups attached to an aromatic ring is 1. The Bertz CT molecular complexity index is 549. The molecule has 100 valence electrons. The third-order valence-corrected chi connectivity index (χ3v) is 5.93. The number of nitrogens with two attached hydrogens (primary N) is 1. The van der Waals surface area contributed by atoms with Gasteiger partial charge in [-0.2, -0.15) is 4.31 Å². The van der Waals surface area contributed by atoms with Crippen molar-refractivity contribution in [1.82, 2.24) is 4.31 Å². The molecule has 0 aliphatic carbocycles. The monoisotopic (exact) mass is 332 g/mol. The second kappa shape index (κ2) is 4.83. The Hall–Kier alpha value is -0.590. The summed E-state index contributed by atoms with van der Waals surface area (Å²) in [6.45, 7) is 5.28. The summed E-state index contributed by atoms with van der Waals surface area (Å²) in [6, 6.07) is 4.92. The van der Waals surface area contributed by atoms with Crippen molar-refractivity contribution >= 4 is 31.6 Å². The van der Waals surface area contributed by atoms with Gasteiger partial charge in [0.05, 0.1) is 5.69 Å². The van der Waals surface area contributed by atoms with Gasteiger partial charge in [0.1, 0.15) is 4.90 Å². The zero-order valence-corrected chi connectivity index (χ0v) is 12.8. The van der Waals surface area contributed by atoms with Crippen LogP contribution in [0.1, 0.15) is 13.8 Å². The number of sulfonamides is 1. The highest BCUT2D eigenvalue weighted by atomic mass is 79.9. The molecule has 1 saturated heterocycles. The average molecular weight is 333 g/mol. The Balaban J connectivity index is 2.40. The molecule has 1 aliphatic rings. The van der Waals surface area contributed by atoms with Crippen LogP contribution in [0.4, 0.5) is 5.69 Å². The normalized spacial score (nSPS) is 25.5. The highest BCUT2D eigenvalue weighted by Crippen LogP contribution is 2.31. The van der Waals surface area contributed by atoms with Gasteiger partial charge < -0.3 is 5.73 Å². The molecular weight excluding hydrogens is 316 g/mol. The molecule has 2 rings (SSSR count). The molecule has 2 unspecified atom stereocenters. The van der Waals surface area contributed by atoms with Crippen LogP contribution >= 0.6 is 15.9 Å². The fourth-order valence-corrected chi connectivity index (χ4v) is 4.44. The number of nitrogens with zero attached hydrogens (tertiary/aromatic N) is 1. The lowest BCUT2D eigenvalue weighted by Crippen LogP contribution is -2.29. The van der Waals surface area contributed by atoms with Gasteiger partial charge in [-0.15, -0.1) is 0 Å². The van der Waals surface area contributed by atoms with Crippen LogP contribution in [0.25, 0.3) is 0 Å². The van der Waals surface area contributed by atoms with Crippen molar-refractivity contribution in [2.24, 2.45) is 11.8 Å². The lowest BCUT2D eigenvalue weighted by molar-refractivity contribution is 0.463. The molecule has 0 aromatic heterocycles. The summed E-state index contributed by atoms with van der Waals surface area (Å²) < 4.78 is 27.3. The fourth-order valence-electron chi connectivity index (χ4n) is 2.14. The summed E-state index contributed by atoms with van der Waals surface area (Å²) in [5.41, 5.74) is 6.08. The summed E-state index contributed by atoms with van der Waals surface area (Å²) in [6.07, 6.45) is 0. The third-order valence-electron chi connectivity index (χ3n) is 3.55. The number of hydrogen-bond acceptors (Lipinski definition) is 3. The highest BCUT2D eigenvalue weighted by Gasteiger charge is 2.35. The van der Waals surface area contributed by atoms with Gasteiger partial charge in [0.2, 0.25) is 10.0 Å². The Morgan fingerprint density at radius 1 is 1.28 bits per heavy atom. The van der Waals surface area contributed by atoms with Gasteiger partial charge >= 0.3 is 0 Å². The molecule has 1 aromatic rings. The summed E-state index contributed by atoms with van der Waals surface area (Å²) in [7, 11) is -3.48. The van der Waals surface area contributed by atoms with Gasteiger partial charge in [0.25, 0.3) is 0 Å². The van der Waals surface area contributed by atoms with E-state index < -0.39 is 10.0 Å². The summed E-state index contributed by atoms with van der Waals surface area (Å²) >= 11 is 3.28. The van der Waals surface area contributed by atoms with Gasteiger partial charge in [-0.05, 0) is 30.0 Å². The minimum absolute atomic E-state index is 0.193. The summed E-state index contributed by atoms with van der Waals surface area (Å²) in [4.78, 5) is 0.193. The standard InChI is InChI=1S/C12H17BrN2O2S/c1-8-6-15(7-9(8)2)18(16,17)12-5-10(13)3-4-11(12)14/h3-5,8-9H,6-7,14H2,1-2H3. The van der Waals surface area contributed by atoms with Crippen molar-refractivity contribution in [3.8, 4) is 0 Å². The van der Waals surface area contributed by atoms with Crippen molar-refractivity contribution in [3.05, 3.63) is 22.7 Å². The molecule has 0 spiro atoms.